The number of aromatic amines is 1. The summed E-state index contributed by atoms with van der Waals surface area (Å²) in [5.74, 6) is -0.704. The molecular formula is C18H16FN3O3. The summed E-state index contributed by atoms with van der Waals surface area (Å²) >= 11 is 0. The third-order valence-electron chi connectivity index (χ3n) is 3.93. The van der Waals surface area contributed by atoms with Gasteiger partial charge < -0.3 is 4.90 Å². The highest BCUT2D eigenvalue weighted by molar-refractivity contribution is 5.81. The van der Waals surface area contributed by atoms with Crippen molar-refractivity contribution >= 4 is 16.8 Å². The Morgan fingerprint density at radius 1 is 1.16 bits per heavy atom. The van der Waals surface area contributed by atoms with Crippen LogP contribution >= 0.6 is 0 Å². The lowest BCUT2D eigenvalue weighted by Gasteiger charge is -2.18. The molecule has 0 unspecified atom stereocenters. The van der Waals surface area contributed by atoms with Gasteiger partial charge in [0.2, 0.25) is 5.91 Å². The minimum atomic E-state index is -0.642. The standard InChI is InChI=1S/C18H16FN3O3/c1-21(10-12-5-4-6-13(19)9-12)16(23)11-22-15-8-3-2-7-14(15)17(24)20-18(22)25/h2-9H,10-11H2,1H3,(H,20,24,25). The smallest absolute Gasteiger partial charge is 0.329 e. The van der Waals surface area contributed by atoms with E-state index in [2.05, 4.69) is 4.98 Å². The van der Waals surface area contributed by atoms with Crippen LogP contribution in [0.15, 0.2) is 58.1 Å². The number of para-hydroxylation sites is 1. The normalized spacial score (nSPS) is 10.8. The molecule has 0 saturated carbocycles. The van der Waals surface area contributed by atoms with Gasteiger partial charge in [0, 0.05) is 13.6 Å². The van der Waals surface area contributed by atoms with Crippen LogP contribution in [0.25, 0.3) is 10.9 Å². The molecule has 1 amide bonds. The van der Waals surface area contributed by atoms with Gasteiger partial charge in [0.1, 0.15) is 12.4 Å². The molecule has 0 aliphatic carbocycles. The fourth-order valence-electron chi connectivity index (χ4n) is 2.65. The number of carbonyl (C=O) groups is 1. The van der Waals surface area contributed by atoms with E-state index >= 15 is 0 Å². The molecule has 0 atom stereocenters. The second-order valence-electron chi connectivity index (χ2n) is 5.74. The molecule has 0 saturated heterocycles. The van der Waals surface area contributed by atoms with Gasteiger partial charge in [-0.15, -0.1) is 0 Å². The lowest BCUT2D eigenvalue weighted by atomic mass is 10.2. The Morgan fingerprint density at radius 2 is 1.92 bits per heavy atom. The van der Waals surface area contributed by atoms with Crippen molar-refractivity contribution in [2.75, 3.05) is 7.05 Å². The summed E-state index contributed by atoms with van der Waals surface area (Å²) in [5, 5.41) is 0.336. The van der Waals surface area contributed by atoms with Crippen LogP contribution in [0.4, 0.5) is 4.39 Å². The van der Waals surface area contributed by atoms with E-state index in [4.69, 9.17) is 0 Å². The van der Waals surface area contributed by atoms with E-state index in [-0.39, 0.29) is 24.8 Å². The van der Waals surface area contributed by atoms with Gasteiger partial charge in [0.05, 0.1) is 10.9 Å². The molecule has 0 aliphatic heterocycles. The lowest BCUT2D eigenvalue weighted by Crippen LogP contribution is -2.37. The number of rotatable bonds is 4. The van der Waals surface area contributed by atoms with E-state index in [1.165, 1.54) is 21.6 Å². The maximum Gasteiger partial charge on any atom is 0.329 e. The summed E-state index contributed by atoms with van der Waals surface area (Å²) in [7, 11) is 1.58. The Balaban J connectivity index is 1.87. The first-order chi connectivity index (χ1) is 12.0. The number of likely N-dealkylation sites (N-methyl/N-ethyl adjacent to an activating group) is 1. The number of H-pyrrole nitrogens is 1. The van der Waals surface area contributed by atoms with Crippen molar-refractivity contribution in [1.29, 1.82) is 0 Å². The van der Waals surface area contributed by atoms with Crippen LogP contribution in [0.3, 0.4) is 0 Å². The first-order valence-corrected chi connectivity index (χ1v) is 7.66. The second kappa shape index (κ2) is 6.72. The van der Waals surface area contributed by atoms with Crippen molar-refractivity contribution in [2.24, 2.45) is 0 Å². The molecule has 7 heteroatoms. The van der Waals surface area contributed by atoms with E-state index < -0.39 is 11.2 Å². The maximum absolute atomic E-state index is 13.2. The molecular weight excluding hydrogens is 325 g/mol. The van der Waals surface area contributed by atoms with E-state index in [1.54, 1.807) is 43.4 Å². The zero-order valence-corrected chi connectivity index (χ0v) is 13.5. The molecule has 0 bridgehead atoms. The summed E-state index contributed by atoms with van der Waals surface area (Å²) < 4.78 is 14.5. The number of hydrogen-bond donors (Lipinski definition) is 1. The second-order valence-corrected chi connectivity index (χ2v) is 5.74. The zero-order valence-electron chi connectivity index (χ0n) is 13.5. The number of benzene rings is 2. The number of nitrogens with one attached hydrogen (secondary N) is 1. The first kappa shape index (κ1) is 16.6. The monoisotopic (exact) mass is 341 g/mol. The quantitative estimate of drug-likeness (QED) is 0.781. The van der Waals surface area contributed by atoms with Gasteiger partial charge in [-0.25, -0.2) is 9.18 Å². The molecule has 25 heavy (non-hydrogen) atoms. The van der Waals surface area contributed by atoms with Crippen LogP contribution in [-0.4, -0.2) is 27.4 Å². The van der Waals surface area contributed by atoms with Gasteiger partial charge in [-0.3, -0.25) is 19.1 Å². The molecule has 0 spiro atoms. The van der Waals surface area contributed by atoms with Crippen LogP contribution in [-0.2, 0) is 17.9 Å². The number of fused-ring (bicyclic) bond motifs is 1. The fraction of sp³-hybridized carbons (Fsp3) is 0.167. The number of hydrogen-bond acceptors (Lipinski definition) is 3. The van der Waals surface area contributed by atoms with Crippen LogP contribution in [0.5, 0.6) is 0 Å². The molecule has 0 radical (unpaired) electrons. The van der Waals surface area contributed by atoms with Crippen molar-refractivity contribution in [3.05, 3.63) is 80.7 Å². The van der Waals surface area contributed by atoms with Crippen molar-refractivity contribution in [1.82, 2.24) is 14.5 Å². The van der Waals surface area contributed by atoms with Gasteiger partial charge in [0.25, 0.3) is 5.56 Å². The van der Waals surface area contributed by atoms with E-state index in [0.717, 1.165) is 0 Å². The number of aromatic nitrogens is 2. The summed E-state index contributed by atoms with van der Waals surface area (Å²) in [6, 6.07) is 12.6. The largest absolute Gasteiger partial charge is 0.340 e. The minimum absolute atomic E-state index is 0.215. The summed E-state index contributed by atoms with van der Waals surface area (Å²) in [6.45, 7) is -0.00538. The Hall–Kier alpha value is -3.22. The van der Waals surface area contributed by atoms with Crippen molar-refractivity contribution < 1.29 is 9.18 Å². The molecule has 128 valence electrons. The molecule has 0 fully saturated rings. The SMILES string of the molecule is CN(Cc1cccc(F)c1)C(=O)Cn1c(=O)[nH]c(=O)c2ccccc21. The molecule has 2 aromatic carbocycles. The van der Waals surface area contributed by atoms with E-state index in [1.807, 2.05) is 0 Å². The van der Waals surface area contributed by atoms with Crippen molar-refractivity contribution in [3.63, 3.8) is 0 Å². The average Bonchev–Trinajstić information content (AvgIpc) is 2.58. The number of nitrogens with zero attached hydrogens (tertiary/aromatic N) is 2. The zero-order chi connectivity index (χ0) is 18.0. The van der Waals surface area contributed by atoms with Gasteiger partial charge in [-0.2, -0.15) is 0 Å². The fourth-order valence-corrected chi connectivity index (χ4v) is 2.65. The van der Waals surface area contributed by atoms with Crippen molar-refractivity contribution in [2.45, 2.75) is 13.1 Å². The van der Waals surface area contributed by atoms with Crippen LogP contribution in [0.1, 0.15) is 5.56 Å². The topological polar surface area (TPSA) is 75.2 Å². The Labute approximate surface area is 142 Å². The maximum atomic E-state index is 13.2. The third kappa shape index (κ3) is 3.50. The number of carbonyl (C=O) groups excluding carboxylic acids is 1. The first-order valence-electron chi connectivity index (χ1n) is 7.66. The predicted octanol–water partition coefficient (Wildman–Crippen LogP) is 1.49. The van der Waals surface area contributed by atoms with Gasteiger partial charge >= 0.3 is 5.69 Å². The van der Waals surface area contributed by atoms with Gasteiger partial charge in [-0.1, -0.05) is 24.3 Å². The van der Waals surface area contributed by atoms with Crippen LogP contribution in [0, 0.1) is 5.82 Å². The van der Waals surface area contributed by atoms with Gasteiger partial charge in [-0.05, 0) is 29.8 Å². The van der Waals surface area contributed by atoms with E-state index in [0.29, 0.717) is 16.5 Å². The Morgan fingerprint density at radius 3 is 2.68 bits per heavy atom. The minimum Gasteiger partial charge on any atom is -0.340 e. The molecule has 1 N–H and O–H groups in total. The Kier molecular flexibility index (Phi) is 4.47. The highest BCUT2D eigenvalue weighted by atomic mass is 19.1. The summed E-state index contributed by atoms with van der Waals surface area (Å²) in [4.78, 5) is 40.0. The number of halogens is 1. The van der Waals surface area contributed by atoms with Gasteiger partial charge in [0.15, 0.2) is 0 Å². The number of amides is 1. The summed E-state index contributed by atoms with van der Waals surface area (Å²) in [5.41, 5.74) is -0.0908. The molecule has 1 heterocycles. The molecule has 3 rings (SSSR count). The van der Waals surface area contributed by atoms with Crippen LogP contribution < -0.4 is 11.2 Å². The Bertz CT molecular complexity index is 1060. The molecule has 0 aliphatic rings. The highest BCUT2D eigenvalue weighted by Crippen LogP contribution is 2.09. The average molecular weight is 341 g/mol. The highest BCUT2D eigenvalue weighted by Gasteiger charge is 2.14. The van der Waals surface area contributed by atoms with Crippen molar-refractivity contribution in [3.8, 4) is 0 Å². The van der Waals surface area contributed by atoms with Crippen LogP contribution in [0.2, 0.25) is 0 Å². The summed E-state index contributed by atoms with van der Waals surface area (Å²) in [6.07, 6.45) is 0. The molecule has 3 aromatic rings. The lowest BCUT2D eigenvalue weighted by molar-refractivity contribution is -0.131. The third-order valence-corrected chi connectivity index (χ3v) is 3.93. The van der Waals surface area contributed by atoms with E-state index in [9.17, 15) is 18.8 Å². The molecule has 6 nitrogen and oxygen atoms in total. The molecule has 1 aromatic heterocycles. The predicted molar refractivity (Wildman–Crippen MR) is 91.7 cm³/mol.